The van der Waals surface area contributed by atoms with Gasteiger partial charge in [-0.05, 0) is 43.4 Å². The fourth-order valence-corrected chi connectivity index (χ4v) is 5.09. The van der Waals surface area contributed by atoms with Crippen molar-refractivity contribution < 1.29 is 24.2 Å². The Kier molecular flexibility index (Phi) is 7.69. The minimum Gasteiger partial charge on any atom is -0.465 e. The largest absolute Gasteiger partial charge is 0.465 e. The van der Waals surface area contributed by atoms with Gasteiger partial charge in [-0.2, -0.15) is 0 Å². The van der Waals surface area contributed by atoms with Crippen LogP contribution < -0.4 is 9.80 Å². The summed E-state index contributed by atoms with van der Waals surface area (Å²) in [5.74, 6) is 4.47. The number of carbonyl (C=O) groups is 2. The molecule has 11 heteroatoms. The number of fused-ring (bicyclic) bond motifs is 2. The Morgan fingerprint density at radius 3 is 2.56 bits per heavy atom. The average Bonchev–Trinajstić information content (AvgIpc) is 3.49. The van der Waals surface area contributed by atoms with Gasteiger partial charge in [0.15, 0.2) is 11.5 Å². The number of benzene rings is 3. The Morgan fingerprint density at radius 1 is 1.10 bits per heavy atom. The highest BCUT2D eigenvalue weighted by molar-refractivity contribution is 6.31. The first-order valence-corrected chi connectivity index (χ1v) is 13.4. The molecule has 0 fully saturated rings. The Bertz CT molecular complexity index is 1710. The molecule has 1 aliphatic rings. The second-order valence-electron chi connectivity index (χ2n) is 9.41. The van der Waals surface area contributed by atoms with Gasteiger partial charge >= 0.3 is 6.09 Å². The van der Waals surface area contributed by atoms with Gasteiger partial charge in [-0.25, -0.2) is 19.1 Å². The molecular formula is C30H27ClFN5O4. The van der Waals surface area contributed by atoms with Crippen molar-refractivity contribution in [2.24, 2.45) is 0 Å². The lowest BCUT2D eigenvalue weighted by Crippen LogP contribution is -2.45. The minimum atomic E-state index is -2.10. The van der Waals surface area contributed by atoms with Crippen LogP contribution >= 0.6 is 11.6 Å². The average molecular weight is 576 g/mol. The van der Waals surface area contributed by atoms with E-state index in [0.717, 1.165) is 22.9 Å². The summed E-state index contributed by atoms with van der Waals surface area (Å²) in [6.45, 7) is 6.15. The van der Waals surface area contributed by atoms with E-state index >= 15 is 4.39 Å². The number of aromatic nitrogens is 2. The second-order valence-corrected chi connectivity index (χ2v) is 9.81. The summed E-state index contributed by atoms with van der Waals surface area (Å²) in [5.41, 5.74) is -0.754. The first-order chi connectivity index (χ1) is 19.7. The maximum Gasteiger partial charge on any atom is 0.415 e. The van der Waals surface area contributed by atoms with E-state index in [2.05, 4.69) is 26.7 Å². The van der Waals surface area contributed by atoms with Gasteiger partial charge in [-0.15, -0.1) is 0 Å². The van der Waals surface area contributed by atoms with Gasteiger partial charge in [0.1, 0.15) is 0 Å². The van der Waals surface area contributed by atoms with E-state index in [9.17, 15) is 19.8 Å². The fraction of sp³-hybridized carbons (Fsp3) is 0.233. The number of H-pyrrole nitrogens is 1. The highest BCUT2D eigenvalue weighted by Gasteiger charge is 2.51. The molecule has 210 valence electrons. The molecule has 41 heavy (non-hydrogen) atoms. The van der Waals surface area contributed by atoms with E-state index in [1.807, 2.05) is 13.8 Å². The van der Waals surface area contributed by atoms with Crippen LogP contribution in [0.15, 0.2) is 60.7 Å². The summed E-state index contributed by atoms with van der Waals surface area (Å²) >= 11 is 6.03. The normalized spacial score (nSPS) is 16.1. The zero-order valence-corrected chi connectivity index (χ0v) is 23.1. The van der Waals surface area contributed by atoms with Crippen LogP contribution in [-0.2, 0) is 5.72 Å². The maximum atomic E-state index is 15.2. The van der Waals surface area contributed by atoms with E-state index in [-0.39, 0.29) is 39.9 Å². The van der Waals surface area contributed by atoms with E-state index in [0.29, 0.717) is 17.6 Å². The lowest BCUT2D eigenvalue weighted by atomic mass is 9.93. The fourth-order valence-electron chi connectivity index (χ4n) is 4.92. The lowest BCUT2D eigenvalue weighted by molar-refractivity contribution is 0.0699. The van der Waals surface area contributed by atoms with Crippen LogP contribution in [0.25, 0.3) is 11.0 Å². The molecule has 2 amide bonds. The van der Waals surface area contributed by atoms with E-state index in [1.54, 1.807) is 42.5 Å². The molecule has 0 aliphatic carbocycles. The lowest BCUT2D eigenvalue weighted by Gasteiger charge is -2.35. The Morgan fingerprint density at radius 2 is 1.83 bits per heavy atom. The predicted octanol–water partition coefficient (Wildman–Crippen LogP) is 5.04. The van der Waals surface area contributed by atoms with Crippen LogP contribution in [0.5, 0.6) is 0 Å². The van der Waals surface area contributed by atoms with Crippen LogP contribution in [0.3, 0.4) is 0 Å². The summed E-state index contributed by atoms with van der Waals surface area (Å²) in [7, 11) is 0. The number of anilines is 2. The second kappa shape index (κ2) is 11.2. The van der Waals surface area contributed by atoms with Crippen molar-refractivity contribution in [1.29, 1.82) is 0 Å². The highest BCUT2D eigenvalue weighted by Crippen LogP contribution is 2.46. The molecule has 4 aromatic rings. The summed E-state index contributed by atoms with van der Waals surface area (Å²) in [4.78, 5) is 37.0. The third kappa shape index (κ3) is 4.89. The zero-order chi connectivity index (χ0) is 29.3. The Balaban J connectivity index is 1.56. The summed E-state index contributed by atoms with van der Waals surface area (Å²) in [6, 6.07) is 15.4. The zero-order valence-electron chi connectivity index (χ0n) is 22.4. The molecule has 5 rings (SSSR count). The van der Waals surface area contributed by atoms with Crippen molar-refractivity contribution in [2.75, 3.05) is 36.0 Å². The van der Waals surface area contributed by atoms with Crippen LogP contribution in [0, 0.1) is 17.7 Å². The van der Waals surface area contributed by atoms with Crippen molar-refractivity contribution in [3.63, 3.8) is 0 Å². The molecule has 0 spiro atoms. The molecule has 1 atom stereocenters. The van der Waals surface area contributed by atoms with E-state index < -0.39 is 23.5 Å². The van der Waals surface area contributed by atoms with Crippen LogP contribution in [0.1, 0.15) is 35.3 Å². The third-order valence-electron chi connectivity index (χ3n) is 7.15. The van der Waals surface area contributed by atoms with Crippen molar-refractivity contribution in [3.8, 4) is 11.8 Å². The molecule has 9 nitrogen and oxygen atoms in total. The van der Waals surface area contributed by atoms with Gasteiger partial charge < -0.3 is 15.2 Å². The molecule has 1 aromatic heterocycles. The Hall–Kier alpha value is -4.43. The van der Waals surface area contributed by atoms with E-state index in [1.165, 1.54) is 18.2 Å². The highest BCUT2D eigenvalue weighted by atomic mass is 35.5. The number of hydrogen-bond donors (Lipinski definition) is 3. The van der Waals surface area contributed by atoms with Crippen LogP contribution in [0.4, 0.5) is 20.8 Å². The SMILES string of the molecule is CCN(CC)CC#CCN(C(=O)O)c1nc2ccc(C3(O)c4ccccc4C(=O)N3c3cccc(Cl)c3F)cc2[nH]1. The number of imidazole rings is 1. The Labute approximate surface area is 240 Å². The number of halogens is 2. The van der Waals surface area contributed by atoms with Gasteiger partial charge in [-0.1, -0.05) is 67.6 Å². The number of nitrogens with one attached hydrogen (secondary N) is 1. The van der Waals surface area contributed by atoms with Crippen molar-refractivity contribution >= 4 is 46.3 Å². The molecule has 0 radical (unpaired) electrons. The summed E-state index contributed by atoms with van der Waals surface area (Å²) < 4.78 is 15.2. The van der Waals surface area contributed by atoms with Crippen LogP contribution in [-0.4, -0.2) is 63.3 Å². The molecule has 3 aromatic carbocycles. The van der Waals surface area contributed by atoms with E-state index in [4.69, 9.17) is 11.6 Å². The third-order valence-corrected chi connectivity index (χ3v) is 7.44. The number of aliphatic hydroxyl groups is 1. The van der Waals surface area contributed by atoms with Crippen molar-refractivity contribution in [3.05, 3.63) is 88.2 Å². The molecular weight excluding hydrogens is 549 g/mol. The topological polar surface area (TPSA) is 113 Å². The first-order valence-electron chi connectivity index (χ1n) is 13.0. The molecule has 0 bridgehead atoms. The van der Waals surface area contributed by atoms with Gasteiger partial charge in [0.25, 0.3) is 5.91 Å². The van der Waals surface area contributed by atoms with Gasteiger partial charge in [0.2, 0.25) is 5.95 Å². The molecule has 3 N–H and O–H groups in total. The molecule has 2 heterocycles. The number of amides is 2. The van der Waals surface area contributed by atoms with Gasteiger partial charge in [0.05, 0.1) is 34.8 Å². The molecule has 0 saturated carbocycles. The maximum absolute atomic E-state index is 15.2. The van der Waals surface area contributed by atoms with Crippen LogP contribution in [0.2, 0.25) is 5.02 Å². The predicted molar refractivity (Wildman–Crippen MR) is 155 cm³/mol. The summed E-state index contributed by atoms with van der Waals surface area (Å²) in [6.07, 6.45) is -1.24. The van der Waals surface area contributed by atoms with Crippen molar-refractivity contribution in [2.45, 2.75) is 19.6 Å². The first kappa shape index (κ1) is 28.1. The summed E-state index contributed by atoms with van der Waals surface area (Å²) in [5, 5.41) is 21.9. The monoisotopic (exact) mass is 575 g/mol. The minimum absolute atomic E-state index is 0.0504. The smallest absolute Gasteiger partial charge is 0.415 e. The number of hydrogen-bond acceptors (Lipinski definition) is 5. The number of aromatic amines is 1. The molecule has 0 saturated heterocycles. The quantitative estimate of drug-likeness (QED) is 0.266. The molecule has 1 aliphatic heterocycles. The number of rotatable bonds is 7. The number of carboxylic acid groups (broad SMARTS) is 1. The number of nitrogens with zero attached hydrogens (tertiary/aromatic N) is 4. The standard InChI is InChI=1S/C30H27ClFN5O4/c1-3-35(4-2)16-7-8-17-36(29(39)40)28-33-23-15-14-19(18-24(23)34-28)30(41)21-11-6-5-10-20(21)27(38)37(30)25-13-9-12-22(31)26(25)32/h5-6,9-15,18,41H,3-4,16-17H2,1-2H3,(H,33,34)(H,39,40). The molecule has 1 unspecified atom stereocenters. The van der Waals surface area contributed by atoms with Gasteiger partial charge in [-0.3, -0.25) is 14.6 Å². The number of carbonyl (C=O) groups excluding carboxylic acids is 1. The van der Waals surface area contributed by atoms with Gasteiger partial charge in [0, 0.05) is 16.7 Å². The van der Waals surface area contributed by atoms with Crippen molar-refractivity contribution in [1.82, 2.24) is 14.9 Å².